The van der Waals surface area contributed by atoms with Gasteiger partial charge in [-0.15, -0.1) is 0 Å². The molecule has 0 bridgehead atoms. The van der Waals surface area contributed by atoms with Gasteiger partial charge in [-0.2, -0.15) is 5.26 Å². The standard InChI is InChI=1S/C29H28ClN7O2S/c1-18-27(32)29(16-39-18)7-9-36(10-8-29)23-13-34-24(14-33-23)40-22-6-5-21-25(26(22)30)28(38)37(17-35-21)15-20-4-2-3-19(11-20)12-31/h2-6,11,13-14,17-18,27H,7-10,15-16,32H2,1H3/t18-,27+/m0/s1. The first-order valence-corrected chi connectivity index (χ1v) is 14.3. The number of benzene rings is 2. The van der Waals surface area contributed by atoms with Gasteiger partial charge in [-0.3, -0.25) is 9.36 Å². The van der Waals surface area contributed by atoms with Gasteiger partial charge in [0.1, 0.15) is 10.8 Å². The van der Waals surface area contributed by atoms with E-state index in [1.807, 2.05) is 12.1 Å². The summed E-state index contributed by atoms with van der Waals surface area (Å²) in [7, 11) is 0. The first-order valence-electron chi connectivity index (χ1n) is 13.2. The molecule has 0 unspecified atom stereocenters. The average molecular weight is 574 g/mol. The van der Waals surface area contributed by atoms with Crippen molar-refractivity contribution in [1.29, 1.82) is 5.26 Å². The van der Waals surface area contributed by atoms with Gasteiger partial charge >= 0.3 is 0 Å². The fraction of sp³-hybridized carbons (Fsp3) is 0.345. The zero-order valence-corrected chi connectivity index (χ0v) is 23.5. The number of nitriles is 1. The zero-order chi connectivity index (χ0) is 27.9. The van der Waals surface area contributed by atoms with Crippen molar-refractivity contribution in [2.45, 2.75) is 48.4 Å². The Bertz CT molecular complexity index is 1660. The number of nitrogens with zero attached hydrogens (tertiary/aromatic N) is 6. The molecule has 0 saturated carbocycles. The Morgan fingerprint density at radius 3 is 2.73 bits per heavy atom. The summed E-state index contributed by atoms with van der Waals surface area (Å²) in [6, 6.07) is 13.0. The number of anilines is 1. The van der Waals surface area contributed by atoms with Crippen LogP contribution in [0.25, 0.3) is 10.9 Å². The monoisotopic (exact) mass is 573 g/mol. The van der Waals surface area contributed by atoms with Crippen molar-refractivity contribution in [2.24, 2.45) is 11.1 Å². The summed E-state index contributed by atoms with van der Waals surface area (Å²) in [5, 5.41) is 10.5. The van der Waals surface area contributed by atoms with Gasteiger partial charge in [0.15, 0.2) is 0 Å². The van der Waals surface area contributed by atoms with E-state index >= 15 is 0 Å². The molecule has 40 heavy (non-hydrogen) atoms. The molecule has 4 heterocycles. The van der Waals surface area contributed by atoms with Crippen molar-refractivity contribution in [3.05, 3.63) is 81.6 Å². The molecule has 0 aliphatic carbocycles. The Hall–Kier alpha value is -3.49. The molecule has 11 heteroatoms. The van der Waals surface area contributed by atoms with Crippen LogP contribution in [0.1, 0.15) is 30.9 Å². The van der Waals surface area contributed by atoms with Crippen LogP contribution in [0, 0.1) is 16.7 Å². The van der Waals surface area contributed by atoms with E-state index in [1.165, 1.54) is 22.7 Å². The molecule has 204 valence electrons. The molecule has 9 nitrogen and oxygen atoms in total. The second-order valence-corrected chi connectivity index (χ2v) is 11.9. The van der Waals surface area contributed by atoms with Crippen LogP contribution in [0.4, 0.5) is 5.82 Å². The lowest BCUT2D eigenvalue weighted by Crippen LogP contribution is -2.50. The van der Waals surface area contributed by atoms with Crippen LogP contribution in [-0.4, -0.2) is 51.4 Å². The highest BCUT2D eigenvalue weighted by Gasteiger charge is 2.47. The first-order chi connectivity index (χ1) is 19.4. The van der Waals surface area contributed by atoms with Gasteiger partial charge in [-0.05, 0) is 49.6 Å². The summed E-state index contributed by atoms with van der Waals surface area (Å²) < 4.78 is 7.34. The van der Waals surface area contributed by atoms with Crippen molar-refractivity contribution >= 4 is 40.1 Å². The minimum Gasteiger partial charge on any atom is -0.376 e. The Morgan fingerprint density at radius 2 is 2.02 bits per heavy atom. The van der Waals surface area contributed by atoms with Gasteiger partial charge in [0.25, 0.3) is 5.56 Å². The number of ether oxygens (including phenoxy) is 1. The summed E-state index contributed by atoms with van der Waals surface area (Å²) in [5.41, 5.74) is 8.15. The van der Waals surface area contributed by atoms with Gasteiger partial charge in [-0.25, -0.2) is 15.0 Å². The van der Waals surface area contributed by atoms with Crippen LogP contribution in [0.15, 0.2) is 69.8 Å². The summed E-state index contributed by atoms with van der Waals surface area (Å²) in [6.07, 6.45) is 7.07. The largest absolute Gasteiger partial charge is 0.376 e. The van der Waals surface area contributed by atoms with E-state index in [0.717, 1.165) is 43.9 Å². The van der Waals surface area contributed by atoms with Crippen molar-refractivity contribution in [3.8, 4) is 6.07 Å². The highest BCUT2D eigenvalue weighted by Crippen LogP contribution is 2.42. The molecular formula is C29H28ClN7O2S. The van der Waals surface area contributed by atoms with E-state index < -0.39 is 0 Å². The van der Waals surface area contributed by atoms with Gasteiger partial charge in [0, 0.05) is 29.4 Å². The smallest absolute Gasteiger partial charge is 0.263 e. The summed E-state index contributed by atoms with van der Waals surface area (Å²) in [4.78, 5) is 30.1. The van der Waals surface area contributed by atoms with E-state index in [0.29, 0.717) is 31.4 Å². The molecule has 2 saturated heterocycles. The average Bonchev–Trinajstić information content (AvgIpc) is 3.25. The van der Waals surface area contributed by atoms with Crippen LogP contribution in [0.3, 0.4) is 0 Å². The number of piperidine rings is 1. The van der Waals surface area contributed by atoms with Gasteiger partial charge in [-0.1, -0.05) is 35.5 Å². The number of aromatic nitrogens is 4. The molecular weight excluding hydrogens is 546 g/mol. The lowest BCUT2D eigenvalue weighted by atomic mass is 9.73. The molecule has 1 spiro atoms. The van der Waals surface area contributed by atoms with Crippen LogP contribution in [0.5, 0.6) is 0 Å². The second-order valence-electron chi connectivity index (χ2n) is 10.5. The first kappa shape index (κ1) is 26.7. The Labute approximate surface area is 241 Å². The van der Waals surface area contributed by atoms with Crippen LogP contribution in [-0.2, 0) is 11.3 Å². The molecule has 0 radical (unpaired) electrons. The molecule has 6 rings (SSSR count). The van der Waals surface area contributed by atoms with Crippen molar-refractivity contribution in [3.63, 3.8) is 0 Å². The summed E-state index contributed by atoms with van der Waals surface area (Å²) in [5.74, 6) is 0.830. The lowest BCUT2D eigenvalue weighted by molar-refractivity contribution is 0.0974. The molecule has 2 N–H and O–H groups in total. The topological polar surface area (TPSA) is 123 Å². The van der Waals surface area contributed by atoms with E-state index in [4.69, 9.17) is 22.1 Å². The molecule has 2 aliphatic rings. The Kier molecular flexibility index (Phi) is 7.23. The van der Waals surface area contributed by atoms with Gasteiger partial charge in [0.05, 0.1) is 65.5 Å². The van der Waals surface area contributed by atoms with E-state index in [-0.39, 0.29) is 29.7 Å². The minimum atomic E-state index is -0.245. The molecule has 2 fully saturated rings. The molecule has 2 aromatic carbocycles. The summed E-state index contributed by atoms with van der Waals surface area (Å²) >= 11 is 8.11. The number of fused-ring (bicyclic) bond motifs is 1. The van der Waals surface area contributed by atoms with E-state index in [1.54, 1.807) is 36.7 Å². The highest BCUT2D eigenvalue weighted by molar-refractivity contribution is 7.99. The van der Waals surface area contributed by atoms with Crippen LogP contribution < -0.4 is 16.2 Å². The predicted molar refractivity (Wildman–Crippen MR) is 155 cm³/mol. The molecule has 0 amide bonds. The van der Waals surface area contributed by atoms with Gasteiger partial charge in [0.2, 0.25) is 0 Å². The molecule has 2 atom stereocenters. The number of halogens is 1. The number of nitrogens with two attached hydrogens (primary N) is 1. The zero-order valence-electron chi connectivity index (χ0n) is 22.0. The molecule has 4 aromatic rings. The van der Waals surface area contributed by atoms with Crippen LogP contribution >= 0.6 is 23.4 Å². The number of rotatable bonds is 5. The third-order valence-corrected chi connectivity index (χ3v) is 9.55. The molecule has 2 aromatic heterocycles. The lowest BCUT2D eigenvalue weighted by Gasteiger charge is -2.41. The second kappa shape index (κ2) is 10.8. The maximum atomic E-state index is 13.4. The quantitative estimate of drug-likeness (QED) is 0.373. The number of hydrogen-bond donors (Lipinski definition) is 1. The fourth-order valence-corrected chi connectivity index (χ4v) is 6.73. The Balaban J connectivity index is 1.18. The van der Waals surface area contributed by atoms with Gasteiger partial charge < -0.3 is 15.4 Å². The van der Waals surface area contributed by atoms with E-state index in [2.05, 4.69) is 32.8 Å². The van der Waals surface area contributed by atoms with Crippen molar-refractivity contribution in [2.75, 3.05) is 24.6 Å². The maximum Gasteiger partial charge on any atom is 0.263 e. The van der Waals surface area contributed by atoms with Crippen LogP contribution in [0.2, 0.25) is 5.02 Å². The predicted octanol–water partition coefficient (Wildman–Crippen LogP) is 4.24. The Morgan fingerprint density at radius 1 is 1.20 bits per heavy atom. The normalized spacial score (nSPS) is 20.2. The van der Waals surface area contributed by atoms with Crippen molar-refractivity contribution < 1.29 is 4.74 Å². The van der Waals surface area contributed by atoms with Crippen molar-refractivity contribution in [1.82, 2.24) is 19.5 Å². The minimum absolute atomic E-state index is 0.0556. The third-order valence-electron chi connectivity index (χ3n) is 8.06. The van der Waals surface area contributed by atoms with E-state index in [9.17, 15) is 10.1 Å². The maximum absolute atomic E-state index is 13.4. The highest BCUT2D eigenvalue weighted by atomic mass is 35.5. The fourth-order valence-electron chi connectivity index (χ4n) is 5.61. The SMILES string of the molecule is C[C@@H]1OCC2(CCN(c3cnc(Sc4ccc5ncn(Cc6cccc(C#N)c6)c(=O)c5c4Cl)cn3)CC2)[C@@H]1N. The third kappa shape index (κ3) is 4.95. The summed E-state index contributed by atoms with van der Waals surface area (Å²) in [6.45, 7) is 4.79. The number of hydrogen-bond acceptors (Lipinski definition) is 9. The molecule has 2 aliphatic heterocycles.